The average molecular weight is 249 g/mol. The molecule has 1 N–H and O–H groups in total. The van der Waals surface area contributed by atoms with Gasteiger partial charge in [0.25, 0.3) is 0 Å². The SMILES string of the molecule is CC#CCCC1CC(C)(C)CCC1CNCCC. The predicted molar refractivity (Wildman–Crippen MR) is 80.5 cm³/mol. The minimum atomic E-state index is 0.547. The normalized spacial score (nSPS) is 26.4. The Morgan fingerprint density at radius 3 is 2.72 bits per heavy atom. The Hall–Kier alpha value is -0.480. The lowest BCUT2D eigenvalue weighted by atomic mass is 9.66. The van der Waals surface area contributed by atoms with Gasteiger partial charge in [-0.05, 0) is 69.4 Å². The average Bonchev–Trinajstić information content (AvgIpc) is 2.32. The minimum Gasteiger partial charge on any atom is -0.316 e. The van der Waals surface area contributed by atoms with Crippen LogP contribution in [0.2, 0.25) is 0 Å². The van der Waals surface area contributed by atoms with Crippen molar-refractivity contribution in [2.45, 2.75) is 66.2 Å². The van der Waals surface area contributed by atoms with Gasteiger partial charge in [-0.3, -0.25) is 0 Å². The second kappa shape index (κ2) is 7.85. The standard InChI is InChI=1S/C17H31N/c1-5-7-8-9-15-13-17(3,4)11-10-16(15)14-18-12-6-2/h15-16,18H,6,8-14H2,1-4H3. The van der Waals surface area contributed by atoms with Gasteiger partial charge in [-0.15, -0.1) is 11.8 Å². The van der Waals surface area contributed by atoms with E-state index in [2.05, 4.69) is 37.9 Å². The fourth-order valence-electron chi connectivity index (χ4n) is 3.24. The maximum atomic E-state index is 3.62. The zero-order valence-electron chi connectivity index (χ0n) is 12.8. The first-order valence-electron chi connectivity index (χ1n) is 7.69. The van der Waals surface area contributed by atoms with Gasteiger partial charge in [-0.1, -0.05) is 20.8 Å². The van der Waals surface area contributed by atoms with Gasteiger partial charge in [0.2, 0.25) is 0 Å². The maximum absolute atomic E-state index is 3.62. The summed E-state index contributed by atoms with van der Waals surface area (Å²) in [6.45, 7) is 11.4. The fourth-order valence-corrected chi connectivity index (χ4v) is 3.24. The van der Waals surface area contributed by atoms with Gasteiger partial charge < -0.3 is 5.32 Å². The van der Waals surface area contributed by atoms with E-state index in [0.29, 0.717) is 5.41 Å². The molecule has 0 amide bonds. The molecule has 1 nitrogen and oxygen atoms in total. The van der Waals surface area contributed by atoms with Crippen LogP contribution in [-0.4, -0.2) is 13.1 Å². The third-order valence-corrected chi connectivity index (χ3v) is 4.32. The van der Waals surface area contributed by atoms with Crippen LogP contribution in [0.4, 0.5) is 0 Å². The molecule has 1 aliphatic carbocycles. The molecule has 0 aliphatic heterocycles. The quantitative estimate of drug-likeness (QED) is 0.548. The van der Waals surface area contributed by atoms with Gasteiger partial charge in [0.05, 0.1) is 0 Å². The molecule has 0 radical (unpaired) electrons. The lowest BCUT2D eigenvalue weighted by Crippen LogP contribution is -2.36. The Balaban J connectivity index is 2.47. The van der Waals surface area contributed by atoms with E-state index >= 15 is 0 Å². The minimum absolute atomic E-state index is 0.547. The monoisotopic (exact) mass is 249 g/mol. The molecule has 0 spiro atoms. The summed E-state index contributed by atoms with van der Waals surface area (Å²) in [6, 6.07) is 0. The summed E-state index contributed by atoms with van der Waals surface area (Å²) in [4.78, 5) is 0. The molecular formula is C17H31N. The van der Waals surface area contributed by atoms with Crippen LogP contribution in [-0.2, 0) is 0 Å². The van der Waals surface area contributed by atoms with E-state index in [0.717, 1.165) is 18.3 Å². The van der Waals surface area contributed by atoms with E-state index in [1.807, 2.05) is 6.92 Å². The molecule has 104 valence electrons. The third kappa shape index (κ3) is 5.44. The first kappa shape index (κ1) is 15.6. The summed E-state index contributed by atoms with van der Waals surface area (Å²) in [7, 11) is 0. The van der Waals surface area contributed by atoms with Crippen LogP contribution in [0.15, 0.2) is 0 Å². The molecule has 1 fully saturated rings. The number of hydrogen-bond donors (Lipinski definition) is 1. The van der Waals surface area contributed by atoms with Crippen molar-refractivity contribution in [3.05, 3.63) is 0 Å². The molecule has 1 rings (SSSR count). The van der Waals surface area contributed by atoms with Crippen LogP contribution in [0.3, 0.4) is 0 Å². The van der Waals surface area contributed by atoms with Crippen LogP contribution in [0.1, 0.15) is 66.2 Å². The number of rotatable bonds is 6. The van der Waals surface area contributed by atoms with Gasteiger partial charge >= 0.3 is 0 Å². The highest BCUT2D eigenvalue weighted by Crippen LogP contribution is 2.43. The van der Waals surface area contributed by atoms with Crippen LogP contribution in [0, 0.1) is 29.1 Å². The van der Waals surface area contributed by atoms with Gasteiger partial charge in [-0.2, -0.15) is 0 Å². The van der Waals surface area contributed by atoms with Crippen LogP contribution < -0.4 is 5.32 Å². The molecule has 1 saturated carbocycles. The van der Waals surface area contributed by atoms with E-state index in [1.165, 1.54) is 45.2 Å². The molecule has 18 heavy (non-hydrogen) atoms. The number of hydrogen-bond acceptors (Lipinski definition) is 1. The van der Waals surface area contributed by atoms with E-state index in [4.69, 9.17) is 0 Å². The summed E-state index contributed by atoms with van der Waals surface area (Å²) < 4.78 is 0. The number of nitrogens with one attached hydrogen (secondary N) is 1. The summed E-state index contributed by atoms with van der Waals surface area (Å²) in [6.07, 6.45) is 7.79. The Morgan fingerprint density at radius 1 is 1.28 bits per heavy atom. The Labute approximate surface area is 114 Å². The molecular weight excluding hydrogens is 218 g/mol. The van der Waals surface area contributed by atoms with Gasteiger partial charge in [0.1, 0.15) is 0 Å². The molecule has 1 aliphatic rings. The zero-order valence-corrected chi connectivity index (χ0v) is 12.8. The van der Waals surface area contributed by atoms with E-state index in [-0.39, 0.29) is 0 Å². The van der Waals surface area contributed by atoms with Gasteiger partial charge in [0.15, 0.2) is 0 Å². The first-order chi connectivity index (χ1) is 8.59. The highest BCUT2D eigenvalue weighted by molar-refractivity contribution is 4.96. The van der Waals surface area contributed by atoms with Gasteiger partial charge in [-0.25, -0.2) is 0 Å². The molecule has 0 bridgehead atoms. The van der Waals surface area contributed by atoms with Crippen molar-refractivity contribution in [2.75, 3.05) is 13.1 Å². The molecule has 1 heteroatoms. The lowest BCUT2D eigenvalue weighted by molar-refractivity contribution is 0.111. The molecule has 2 unspecified atom stereocenters. The van der Waals surface area contributed by atoms with Crippen LogP contribution in [0.25, 0.3) is 0 Å². The predicted octanol–water partition coefficient (Wildman–Crippen LogP) is 4.23. The molecule has 0 saturated heterocycles. The first-order valence-corrected chi connectivity index (χ1v) is 7.69. The van der Waals surface area contributed by atoms with E-state index in [9.17, 15) is 0 Å². The van der Waals surface area contributed by atoms with Crippen molar-refractivity contribution in [3.63, 3.8) is 0 Å². The molecule has 2 atom stereocenters. The highest BCUT2D eigenvalue weighted by Gasteiger charge is 2.33. The topological polar surface area (TPSA) is 12.0 Å². The summed E-state index contributed by atoms with van der Waals surface area (Å²) in [5, 5.41) is 3.62. The Bertz CT molecular complexity index is 282. The molecule has 0 aromatic carbocycles. The van der Waals surface area contributed by atoms with E-state index in [1.54, 1.807) is 0 Å². The van der Waals surface area contributed by atoms with Crippen molar-refractivity contribution in [3.8, 4) is 11.8 Å². The Morgan fingerprint density at radius 2 is 2.06 bits per heavy atom. The molecule has 0 heterocycles. The van der Waals surface area contributed by atoms with Crippen LogP contribution >= 0.6 is 0 Å². The Kier molecular flexibility index (Phi) is 6.79. The van der Waals surface area contributed by atoms with Gasteiger partial charge in [0, 0.05) is 6.42 Å². The second-order valence-corrected chi connectivity index (χ2v) is 6.60. The molecule has 0 aromatic heterocycles. The summed E-state index contributed by atoms with van der Waals surface area (Å²) in [5.74, 6) is 8.02. The summed E-state index contributed by atoms with van der Waals surface area (Å²) >= 11 is 0. The van der Waals surface area contributed by atoms with Crippen LogP contribution in [0.5, 0.6) is 0 Å². The van der Waals surface area contributed by atoms with E-state index < -0.39 is 0 Å². The largest absolute Gasteiger partial charge is 0.316 e. The molecule has 0 aromatic rings. The zero-order chi connectivity index (χ0) is 13.4. The second-order valence-electron chi connectivity index (χ2n) is 6.60. The highest BCUT2D eigenvalue weighted by atomic mass is 14.9. The smallest absolute Gasteiger partial charge is 0.00913 e. The fraction of sp³-hybridized carbons (Fsp3) is 0.882. The van der Waals surface area contributed by atoms with Crippen molar-refractivity contribution >= 4 is 0 Å². The van der Waals surface area contributed by atoms with Crippen molar-refractivity contribution in [2.24, 2.45) is 17.3 Å². The lowest BCUT2D eigenvalue weighted by Gasteiger charge is -2.41. The summed E-state index contributed by atoms with van der Waals surface area (Å²) in [5.41, 5.74) is 0.547. The maximum Gasteiger partial charge on any atom is 0.00913 e. The van der Waals surface area contributed by atoms with Crippen molar-refractivity contribution < 1.29 is 0 Å². The third-order valence-electron chi connectivity index (χ3n) is 4.32. The van der Waals surface area contributed by atoms with Crippen molar-refractivity contribution in [1.29, 1.82) is 0 Å². The van der Waals surface area contributed by atoms with Crippen molar-refractivity contribution in [1.82, 2.24) is 5.32 Å².